The van der Waals surface area contributed by atoms with Crippen molar-refractivity contribution in [2.75, 3.05) is 16.2 Å². The molecule has 0 radical (unpaired) electrons. The number of benzene rings is 2. The first-order chi connectivity index (χ1) is 11.8. The van der Waals surface area contributed by atoms with Crippen molar-refractivity contribution in [1.82, 2.24) is 0 Å². The van der Waals surface area contributed by atoms with Crippen LogP contribution in [-0.2, 0) is 21.2 Å². The number of halogens is 2. The summed E-state index contributed by atoms with van der Waals surface area (Å²) in [7, 11) is -3.90. The van der Waals surface area contributed by atoms with E-state index in [1.54, 1.807) is 17.0 Å². The van der Waals surface area contributed by atoms with E-state index in [1.807, 2.05) is 6.07 Å². The van der Waals surface area contributed by atoms with Crippen molar-refractivity contribution in [3.63, 3.8) is 0 Å². The molecule has 1 heterocycles. The number of anilines is 2. The van der Waals surface area contributed by atoms with Crippen molar-refractivity contribution in [1.29, 1.82) is 0 Å². The molecule has 2 aromatic carbocycles. The van der Waals surface area contributed by atoms with Gasteiger partial charge in [0.05, 0.1) is 10.7 Å². The molecule has 0 atom stereocenters. The van der Waals surface area contributed by atoms with E-state index < -0.39 is 10.0 Å². The van der Waals surface area contributed by atoms with Crippen molar-refractivity contribution in [2.45, 2.75) is 24.7 Å². The predicted molar refractivity (Wildman–Crippen MR) is 100 cm³/mol. The van der Waals surface area contributed by atoms with E-state index in [9.17, 15) is 13.2 Å². The van der Waals surface area contributed by atoms with Gasteiger partial charge in [-0.1, -0.05) is 29.3 Å². The van der Waals surface area contributed by atoms with Gasteiger partial charge in [-0.25, -0.2) is 8.42 Å². The third-order valence-corrected chi connectivity index (χ3v) is 6.12. The summed E-state index contributed by atoms with van der Waals surface area (Å²) in [5.41, 5.74) is 2.12. The molecule has 0 aliphatic carbocycles. The molecule has 2 aromatic rings. The third-order valence-electron chi connectivity index (χ3n) is 4.02. The number of nitrogens with zero attached hydrogens (tertiary/aromatic N) is 1. The zero-order valence-corrected chi connectivity index (χ0v) is 15.7. The summed E-state index contributed by atoms with van der Waals surface area (Å²) in [4.78, 5) is 13.4. The molecule has 1 N–H and O–H groups in total. The summed E-state index contributed by atoms with van der Waals surface area (Å²) in [6.07, 6.45) is 1.74. The second-order valence-corrected chi connectivity index (χ2v) is 8.29. The van der Waals surface area contributed by atoms with Crippen molar-refractivity contribution in [2.24, 2.45) is 0 Å². The van der Waals surface area contributed by atoms with E-state index in [2.05, 4.69) is 4.72 Å². The number of rotatable bonds is 3. The van der Waals surface area contributed by atoms with Crippen LogP contribution in [-0.4, -0.2) is 20.9 Å². The lowest BCUT2D eigenvalue weighted by Gasteiger charge is -2.29. The molecule has 0 fully saturated rings. The highest BCUT2D eigenvalue weighted by Gasteiger charge is 2.23. The van der Waals surface area contributed by atoms with Gasteiger partial charge in [0.15, 0.2) is 0 Å². The van der Waals surface area contributed by atoms with E-state index in [0.717, 1.165) is 24.1 Å². The number of sulfonamides is 1. The highest BCUT2D eigenvalue weighted by Crippen LogP contribution is 2.32. The van der Waals surface area contributed by atoms with Gasteiger partial charge in [0.2, 0.25) is 5.91 Å². The van der Waals surface area contributed by atoms with Crippen LogP contribution in [0.4, 0.5) is 11.4 Å². The van der Waals surface area contributed by atoms with E-state index >= 15 is 0 Å². The van der Waals surface area contributed by atoms with Crippen LogP contribution in [0.15, 0.2) is 41.3 Å². The molecule has 0 saturated heterocycles. The number of hydrogen-bond donors (Lipinski definition) is 1. The molecule has 25 heavy (non-hydrogen) atoms. The van der Waals surface area contributed by atoms with Crippen LogP contribution >= 0.6 is 23.2 Å². The molecule has 1 amide bonds. The monoisotopic (exact) mass is 398 g/mol. The summed E-state index contributed by atoms with van der Waals surface area (Å²) in [6, 6.07) is 9.44. The van der Waals surface area contributed by atoms with Crippen molar-refractivity contribution in [3.8, 4) is 0 Å². The van der Waals surface area contributed by atoms with Gasteiger partial charge in [-0.2, -0.15) is 0 Å². The number of hydrogen-bond acceptors (Lipinski definition) is 3. The smallest absolute Gasteiger partial charge is 0.263 e. The van der Waals surface area contributed by atoms with Gasteiger partial charge in [0, 0.05) is 24.2 Å². The number of amides is 1. The average Bonchev–Trinajstić information content (AvgIpc) is 2.55. The van der Waals surface area contributed by atoms with Crippen molar-refractivity contribution in [3.05, 3.63) is 52.0 Å². The molecule has 0 aromatic heterocycles. The van der Waals surface area contributed by atoms with E-state index in [1.165, 1.54) is 25.1 Å². The second-order valence-electron chi connectivity index (χ2n) is 5.80. The molecule has 8 heteroatoms. The lowest BCUT2D eigenvalue weighted by Crippen LogP contribution is -2.33. The first kappa shape index (κ1) is 18.0. The Kier molecular flexibility index (Phi) is 4.95. The Morgan fingerprint density at radius 3 is 2.64 bits per heavy atom. The minimum Gasteiger partial charge on any atom is -0.312 e. The van der Waals surface area contributed by atoms with E-state index in [0.29, 0.717) is 12.2 Å². The fraction of sp³-hybridized carbons (Fsp3) is 0.235. The topological polar surface area (TPSA) is 66.5 Å². The molecule has 1 aliphatic rings. The Morgan fingerprint density at radius 2 is 1.92 bits per heavy atom. The van der Waals surface area contributed by atoms with Crippen molar-refractivity contribution < 1.29 is 13.2 Å². The molecule has 0 saturated carbocycles. The first-order valence-corrected chi connectivity index (χ1v) is 9.91. The molecular weight excluding hydrogens is 383 g/mol. The molecule has 0 unspecified atom stereocenters. The summed E-state index contributed by atoms with van der Waals surface area (Å²) in [5, 5.41) is 0.359. The lowest BCUT2D eigenvalue weighted by molar-refractivity contribution is -0.116. The van der Waals surface area contributed by atoms with Gasteiger partial charge >= 0.3 is 0 Å². The highest BCUT2D eigenvalue weighted by atomic mass is 35.5. The van der Waals surface area contributed by atoms with Gasteiger partial charge in [-0.05, 0) is 48.7 Å². The zero-order chi connectivity index (χ0) is 18.2. The van der Waals surface area contributed by atoms with Crippen molar-refractivity contribution >= 4 is 50.5 Å². The molecule has 3 rings (SSSR count). The third kappa shape index (κ3) is 3.76. The van der Waals surface area contributed by atoms with Gasteiger partial charge in [-0.15, -0.1) is 0 Å². The van der Waals surface area contributed by atoms with Crippen LogP contribution in [0.3, 0.4) is 0 Å². The largest absolute Gasteiger partial charge is 0.312 e. The molecular formula is C17H16Cl2N2O3S. The lowest BCUT2D eigenvalue weighted by atomic mass is 10.0. The normalized spacial score (nSPS) is 14.1. The van der Waals surface area contributed by atoms with Gasteiger partial charge in [0.1, 0.15) is 4.90 Å². The van der Waals surface area contributed by atoms with E-state index in [4.69, 9.17) is 23.2 Å². The Labute approximate surface area is 156 Å². The highest BCUT2D eigenvalue weighted by molar-refractivity contribution is 7.92. The molecule has 132 valence electrons. The average molecular weight is 399 g/mol. The maximum atomic E-state index is 12.6. The van der Waals surface area contributed by atoms with Crippen LogP contribution < -0.4 is 9.62 Å². The first-order valence-electron chi connectivity index (χ1n) is 7.67. The standard InChI is InChI=1S/C17H16Cl2N2O3S/c1-11(22)21-8-2-3-12-4-6-14(10-16(12)21)20-25(23,24)17-9-13(18)5-7-15(17)19/h4-7,9-10,20H,2-3,8H2,1H3. The van der Waals surface area contributed by atoms with Crippen LogP contribution in [0.5, 0.6) is 0 Å². The number of fused-ring (bicyclic) bond motifs is 1. The van der Waals surface area contributed by atoms with Crippen LogP contribution in [0, 0.1) is 0 Å². The predicted octanol–water partition coefficient (Wildman–Crippen LogP) is 4.09. The molecule has 5 nitrogen and oxygen atoms in total. The summed E-state index contributed by atoms with van der Waals surface area (Å²) < 4.78 is 27.8. The van der Waals surface area contributed by atoms with E-state index in [-0.39, 0.29) is 20.8 Å². The minimum atomic E-state index is -3.90. The maximum Gasteiger partial charge on any atom is 0.263 e. The SMILES string of the molecule is CC(=O)N1CCCc2ccc(NS(=O)(=O)c3cc(Cl)ccc3Cl)cc21. The quantitative estimate of drug-likeness (QED) is 0.846. The zero-order valence-electron chi connectivity index (χ0n) is 13.4. The number of carbonyl (C=O) groups excluding carboxylic acids is 1. The number of aryl methyl sites for hydroxylation is 1. The minimum absolute atomic E-state index is 0.0705. The molecule has 0 spiro atoms. The Balaban J connectivity index is 1.97. The second kappa shape index (κ2) is 6.86. The van der Waals surface area contributed by atoms with Crippen LogP contribution in [0.25, 0.3) is 0 Å². The number of nitrogens with one attached hydrogen (secondary N) is 1. The Morgan fingerprint density at radius 1 is 1.16 bits per heavy atom. The Bertz CT molecular complexity index is 945. The summed E-state index contributed by atoms with van der Waals surface area (Å²) >= 11 is 11.9. The summed E-state index contributed by atoms with van der Waals surface area (Å²) in [5.74, 6) is -0.0705. The maximum absolute atomic E-state index is 12.6. The Hall–Kier alpha value is -1.76. The van der Waals surface area contributed by atoms with Gasteiger partial charge in [-0.3, -0.25) is 9.52 Å². The van der Waals surface area contributed by atoms with Gasteiger partial charge in [0.25, 0.3) is 10.0 Å². The van der Waals surface area contributed by atoms with Crippen LogP contribution in [0.2, 0.25) is 10.0 Å². The van der Waals surface area contributed by atoms with Crippen LogP contribution in [0.1, 0.15) is 18.9 Å². The number of carbonyl (C=O) groups is 1. The fourth-order valence-corrected chi connectivity index (χ4v) is 4.67. The molecule has 0 bridgehead atoms. The fourth-order valence-electron chi connectivity index (χ4n) is 2.86. The summed E-state index contributed by atoms with van der Waals surface area (Å²) in [6.45, 7) is 2.12. The molecule has 1 aliphatic heterocycles. The van der Waals surface area contributed by atoms with Gasteiger partial charge < -0.3 is 4.90 Å².